The van der Waals surface area contributed by atoms with Crippen molar-refractivity contribution in [1.29, 1.82) is 0 Å². The van der Waals surface area contributed by atoms with Gasteiger partial charge in [-0.25, -0.2) is 9.37 Å². The predicted octanol–water partition coefficient (Wildman–Crippen LogP) is 2.73. The zero-order valence-electron chi connectivity index (χ0n) is 8.66. The highest BCUT2D eigenvalue weighted by Gasteiger charge is 2.09. The molecule has 1 aromatic heterocycles. The molecule has 3 nitrogen and oxygen atoms in total. The Labute approximate surface area is 87.4 Å². The quantitative estimate of drug-likeness (QED) is 0.819. The summed E-state index contributed by atoms with van der Waals surface area (Å²) in [7, 11) is 0. The van der Waals surface area contributed by atoms with Crippen LogP contribution in [0.3, 0.4) is 0 Å². The van der Waals surface area contributed by atoms with Gasteiger partial charge in [0.25, 0.3) is 0 Å². The Morgan fingerprint density at radius 3 is 2.67 bits per heavy atom. The first-order chi connectivity index (χ1) is 7.18. The van der Waals surface area contributed by atoms with E-state index in [1.54, 1.807) is 12.1 Å². The lowest BCUT2D eigenvalue weighted by atomic mass is 10.0. The van der Waals surface area contributed by atoms with Gasteiger partial charge < -0.3 is 0 Å². The molecular weight excluding hydrogens is 193 g/mol. The third-order valence-electron chi connectivity index (χ3n) is 2.33. The van der Waals surface area contributed by atoms with E-state index in [4.69, 9.17) is 0 Å². The van der Waals surface area contributed by atoms with Crippen molar-refractivity contribution < 1.29 is 4.39 Å². The molecule has 0 saturated heterocycles. The van der Waals surface area contributed by atoms with Gasteiger partial charge in [-0.15, -0.1) is 0 Å². The van der Waals surface area contributed by atoms with E-state index in [1.165, 1.54) is 6.33 Å². The van der Waals surface area contributed by atoms with E-state index in [9.17, 15) is 4.39 Å². The molecule has 0 spiro atoms. The molecule has 0 aliphatic rings. The molecule has 0 bridgehead atoms. The number of aromatic nitrogens is 3. The Kier molecular flexibility index (Phi) is 2.49. The Morgan fingerprint density at radius 1 is 1.33 bits per heavy atom. The van der Waals surface area contributed by atoms with Crippen LogP contribution in [0.15, 0.2) is 24.5 Å². The van der Waals surface area contributed by atoms with Crippen molar-refractivity contribution in [3.63, 3.8) is 0 Å². The Morgan fingerprint density at radius 2 is 2.13 bits per heavy atom. The van der Waals surface area contributed by atoms with E-state index in [0.29, 0.717) is 17.3 Å². The molecule has 0 amide bonds. The van der Waals surface area contributed by atoms with E-state index in [-0.39, 0.29) is 5.82 Å². The van der Waals surface area contributed by atoms with Crippen molar-refractivity contribution in [1.82, 2.24) is 15.2 Å². The summed E-state index contributed by atoms with van der Waals surface area (Å²) in [6.07, 6.45) is 1.37. The molecule has 0 unspecified atom stereocenters. The zero-order valence-corrected chi connectivity index (χ0v) is 8.66. The fourth-order valence-corrected chi connectivity index (χ4v) is 1.42. The van der Waals surface area contributed by atoms with Crippen molar-refractivity contribution in [2.75, 3.05) is 0 Å². The second-order valence-corrected chi connectivity index (χ2v) is 3.73. The molecule has 4 heteroatoms. The second kappa shape index (κ2) is 3.81. The number of halogens is 1. The van der Waals surface area contributed by atoms with Gasteiger partial charge >= 0.3 is 0 Å². The molecule has 2 rings (SSSR count). The normalized spacial score (nSPS) is 10.9. The number of rotatable bonds is 2. The molecule has 0 aliphatic heterocycles. The third kappa shape index (κ3) is 1.88. The van der Waals surface area contributed by atoms with Crippen LogP contribution in [0.1, 0.15) is 25.3 Å². The minimum absolute atomic E-state index is 0.266. The van der Waals surface area contributed by atoms with Crippen LogP contribution in [0.2, 0.25) is 0 Å². The number of nitrogens with zero attached hydrogens (tertiary/aromatic N) is 2. The highest BCUT2D eigenvalue weighted by Crippen LogP contribution is 2.23. The highest BCUT2D eigenvalue weighted by atomic mass is 19.1. The minimum Gasteiger partial charge on any atom is -0.259 e. The molecule has 0 radical (unpaired) electrons. The van der Waals surface area contributed by atoms with Gasteiger partial charge in [0.2, 0.25) is 0 Å². The number of H-pyrrole nitrogens is 1. The lowest BCUT2D eigenvalue weighted by Crippen LogP contribution is -1.92. The van der Waals surface area contributed by atoms with Crippen LogP contribution >= 0.6 is 0 Å². The van der Waals surface area contributed by atoms with E-state index < -0.39 is 0 Å². The van der Waals surface area contributed by atoms with Gasteiger partial charge in [0.1, 0.15) is 12.1 Å². The van der Waals surface area contributed by atoms with Crippen molar-refractivity contribution in [3.05, 3.63) is 35.9 Å². The summed E-state index contributed by atoms with van der Waals surface area (Å²) in [4.78, 5) is 3.92. The Hall–Kier alpha value is -1.71. The number of hydrogen-bond donors (Lipinski definition) is 1. The summed E-state index contributed by atoms with van der Waals surface area (Å²) in [6, 6.07) is 5.18. The predicted molar refractivity (Wildman–Crippen MR) is 55.9 cm³/mol. The summed E-state index contributed by atoms with van der Waals surface area (Å²) in [5.74, 6) is 0.518. The molecule has 78 valence electrons. The van der Waals surface area contributed by atoms with Gasteiger partial charge in [-0.3, -0.25) is 5.10 Å². The summed E-state index contributed by atoms with van der Waals surface area (Å²) >= 11 is 0. The lowest BCUT2D eigenvalue weighted by Gasteiger charge is -2.06. The van der Waals surface area contributed by atoms with E-state index in [2.05, 4.69) is 15.2 Å². The number of hydrogen-bond acceptors (Lipinski definition) is 2. The van der Waals surface area contributed by atoms with Gasteiger partial charge in [-0.2, -0.15) is 5.10 Å². The maximum Gasteiger partial charge on any atom is 0.158 e. The van der Waals surface area contributed by atoms with Crippen LogP contribution in [-0.2, 0) is 0 Å². The molecule has 15 heavy (non-hydrogen) atoms. The molecule has 1 aromatic carbocycles. The van der Waals surface area contributed by atoms with Gasteiger partial charge in [0, 0.05) is 0 Å². The zero-order chi connectivity index (χ0) is 10.8. The average molecular weight is 205 g/mol. The average Bonchev–Trinajstić information content (AvgIpc) is 2.70. The van der Waals surface area contributed by atoms with E-state index >= 15 is 0 Å². The molecule has 2 aromatic rings. The van der Waals surface area contributed by atoms with Crippen LogP contribution in [0.5, 0.6) is 0 Å². The second-order valence-electron chi connectivity index (χ2n) is 3.73. The first-order valence-electron chi connectivity index (χ1n) is 4.83. The van der Waals surface area contributed by atoms with Crippen molar-refractivity contribution in [3.8, 4) is 11.4 Å². The van der Waals surface area contributed by atoms with Gasteiger partial charge in [-0.05, 0) is 23.6 Å². The fraction of sp³-hybridized carbons (Fsp3) is 0.273. The summed E-state index contributed by atoms with van der Waals surface area (Å²) in [6.45, 7) is 4.06. The maximum absolute atomic E-state index is 13.7. The Bertz CT molecular complexity index is 449. The monoisotopic (exact) mass is 205 g/mol. The molecule has 1 heterocycles. The third-order valence-corrected chi connectivity index (χ3v) is 2.33. The van der Waals surface area contributed by atoms with Crippen molar-refractivity contribution >= 4 is 0 Å². The standard InChI is InChI=1S/C11H12FN3/c1-7(2)8-3-4-9(10(12)5-8)11-13-6-14-15-11/h3-7H,1-2H3,(H,13,14,15). The van der Waals surface area contributed by atoms with Crippen LogP contribution in [-0.4, -0.2) is 15.2 Å². The van der Waals surface area contributed by atoms with Crippen LogP contribution in [0, 0.1) is 5.82 Å². The van der Waals surface area contributed by atoms with E-state index in [1.807, 2.05) is 19.9 Å². The smallest absolute Gasteiger partial charge is 0.158 e. The largest absolute Gasteiger partial charge is 0.259 e. The summed E-state index contributed by atoms with van der Waals surface area (Å²) in [5, 5.41) is 6.34. The number of aromatic amines is 1. The topological polar surface area (TPSA) is 41.6 Å². The highest BCUT2D eigenvalue weighted by molar-refractivity contribution is 5.55. The molecule has 0 saturated carbocycles. The maximum atomic E-state index is 13.7. The van der Waals surface area contributed by atoms with Crippen molar-refractivity contribution in [2.24, 2.45) is 0 Å². The van der Waals surface area contributed by atoms with E-state index in [0.717, 1.165) is 5.56 Å². The SMILES string of the molecule is CC(C)c1ccc(-c2ncn[nH]2)c(F)c1. The first kappa shape index (κ1) is 9.83. The summed E-state index contributed by atoms with van der Waals surface area (Å²) < 4.78 is 13.7. The minimum atomic E-state index is -0.266. The molecule has 0 fully saturated rings. The fourth-order valence-electron chi connectivity index (χ4n) is 1.42. The number of nitrogens with one attached hydrogen (secondary N) is 1. The molecular formula is C11H12FN3. The molecule has 0 aliphatic carbocycles. The van der Waals surface area contributed by atoms with Crippen LogP contribution in [0.4, 0.5) is 4.39 Å². The van der Waals surface area contributed by atoms with Crippen LogP contribution < -0.4 is 0 Å². The van der Waals surface area contributed by atoms with Gasteiger partial charge in [0.15, 0.2) is 5.82 Å². The molecule has 1 N–H and O–H groups in total. The van der Waals surface area contributed by atoms with Crippen molar-refractivity contribution in [2.45, 2.75) is 19.8 Å². The first-order valence-corrected chi connectivity index (χ1v) is 4.83. The summed E-state index contributed by atoms with van der Waals surface area (Å²) in [5.41, 5.74) is 1.44. The van der Waals surface area contributed by atoms with Gasteiger partial charge in [0.05, 0.1) is 5.56 Å². The number of benzene rings is 1. The Balaban J connectivity index is 2.44. The van der Waals surface area contributed by atoms with Crippen LogP contribution in [0.25, 0.3) is 11.4 Å². The lowest BCUT2D eigenvalue weighted by molar-refractivity contribution is 0.625. The molecule has 0 atom stereocenters. The van der Waals surface area contributed by atoms with Gasteiger partial charge in [-0.1, -0.05) is 19.9 Å².